The second-order valence-corrected chi connectivity index (χ2v) is 15.4. The van der Waals surface area contributed by atoms with E-state index in [4.69, 9.17) is 4.43 Å². The number of unbranched alkanes of at least 4 members (excludes halogenated alkanes) is 1. The van der Waals surface area contributed by atoms with Gasteiger partial charge < -0.3 is 4.43 Å². The van der Waals surface area contributed by atoms with Crippen LogP contribution < -0.4 is 10.4 Å². The summed E-state index contributed by atoms with van der Waals surface area (Å²) in [4.78, 5) is 0.159. The van der Waals surface area contributed by atoms with Crippen LogP contribution in [-0.4, -0.2) is 29.1 Å². The van der Waals surface area contributed by atoms with Gasteiger partial charge in [0.25, 0.3) is 8.32 Å². The molecule has 0 heterocycles. The van der Waals surface area contributed by atoms with Crippen LogP contribution in [0.1, 0.15) is 33.6 Å². The largest absolute Gasteiger partial charge is 0.407 e. The van der Waals surface area contributed by atoms with Crippen molar-refractivity contribution in [1.82, 2.24) is 0 Å². The van der Waals surface area contributed by atoms with Gasteiger partial charge in [-0.05, 0) is 52.5 Å². The lowest BCUT2D eigenvalue weighted by Gasteiger charge is -2.43. The minimum atomic E-state index is -3.44. The number of benzene rings is 3. The minimum Gasteiger partial charge on any atom is -0.407 e. The molecule has 0 amide bonds. The fourth-order valence-electron chi connectivity index (χ4n) is 4.14. The summed E-state index contributed by atoms with van der Waals surface area (Å²) in [6.07, 6.45) is 1.11. The monoisotopic (exact) mass is 470 g/mol. The van der Waals surface area contributed by atoms with Crippen molar-refractivity contribution in [2.45, 2.75) is 43.5 Å². The highest BCUT2D eigenvalue weighted by atomic mass is 32.2. The molecule has 0 atom stereocenters. The molecule has 0 unspecified atom stereocenters. The maximum absolute atomic E-state index is 13.1. The van der Waals surface area contributed by atoms with Gasteiger partial charge in [0.1, 0.15) is 5.82 Å². The minimum absolute atomic E-state index is 0.0166. The third-order valence-corrected chi connectivity index (χ3v) is 12.6. The Bertz CT molecular complexity index is 1050. The van der Waals surface area contributed by atoms with Gasteiger partial charge in [0.2, 0.25) is 0 Å². The van der Waals surface area contributed by atoms with Crippen LogP contribution in [0.3, 0.4) is 0 Å². The zero-order chi connectivity index (χ0) is 23.2. The third-order valence-electron chi connectivity index (χ3n) is 5.72. The lowest BCUT2D eigenvalue weighted by Crippen LogP contribution is -2.66. The molecule has 0 saturated heterocycles. The molecule has 0 aliphatic heterocycles. The Balaban J connectivity index is 1.76. The van der Waals surface area contributed by atoms with Crippen LogP contribution in [0.25, 0.3) is 0 Å². The molecule has 0 aromatic heterocycles. The highest BCUT2D eigenvalue weighted by Gasteiger charge is 2.49. The van der Waals surface area contributed by atoms with Crippen molar-refractivity contribution < 1.29 is 17.2 Å². The summed E-state index contributed by atoms with van der Waals surface area (Å²) in [5.74, 6) is -0.425. The molecule has 6 heteroatoms. The van der Waals surface area contributed by atoms with E-state index in [1.54, 1.807) is 0 Å². The lowest BCUT2D eigenvalue weighted by atomic mass is 10.2. The van der Waals surface area contributed by atoms with Crippen LogP contribution in [0.4, 0.5) is 4.39 Å². The maximum atomic E-state index is 13.1. The average Bonchev–Trinajstić information content (AvgIpc) is 2.77. The molecule has 0 aliphatic carbocycles. The van der Waals surface area contributed by atoms with Crippen LogP contribution >= 0.6 is 0 Å². The number of hydrogen-bond donors (Lipinski definition) is 0. The third kappa shape index (κ3) is 5.37. The first-order valence-corrected chi connectivity index (χ1v) is 14.5. The summed E-state index contributed by atoms with van der Waals surface area (Å²) in [6.45, 7) is 7.14. The van der Waals surface area contributed by atoms with E-state index in [-0.39, 0.29) is 15.7 Å². The molecule has 0 fully saturated rings. The summed E-state index contributed by atoms with van der Waals surface area (Å²) in [5, 5.41) is 2.30. The maximum Gasteiger partial charge on any atom is 0.261 e. The molecular weight excluding hydrogens is 439 g/mol. The average molecular weight is 471 g/mol. The SMILES string of the molecule is CC(C)(C)[Si](OCCCCS(=O)(=O)c1ccc(F)cc1)(c1ccccc1)c1ccccc1. The summed E-state index contributed by atoms with van der Waals surface area (Å²) < 4.78 is 45.0. The first-order valence-electron chi connectivity index (χ1n) is 10.9. The second kappa shape index (κ2) is 10.1. The first-order chi connectivity index (χ1) is 15.2. The van der Waals surface area contributed by atoms with Gasteiger partial charge in [-0.15, -0.1) is 0 Å². The lowest BCUT2D eigenvalue weighted by molar-refractivity contribution is 0.290. The standard InChI is InChI=1S/C26H31FO3SSi/c1-26(2,3)32(24-12-6-4-7-13-24,25-14-8-5-9-15-25)30-20-10-11-21-31(28,29)23-18-16-22(27)17-19-23/h4-9,12-19H,10-11,20-21H2,1-3H3. The predicted molar refractivity (Wildman–Crippen MR) is 131 cm³/mol. The Morgan fingerprint density at radius 3 is 1.75 bits per heavy atom. The molecule has 0 bridgehead atoms. The summed E-state index contributed by atoms with van der Waals surface area (Å²) in [5.41, 5.74) is 0. The number of sulfone groups is 1. The predicted octanol–water partition coefficient (Wildman–Crippen LogP) is 4.96. The van der Waals surface area contributed by atoms with Gasteiger partial charge >= 0.3 is 0 Å². The van der Waals surface area contributed by atoms with Crippen molar-refractivity contribution >= 4 is 28.5 Å². The zero-order valence-electron chi connectivity index (χ0n) is 18.9. The molecule has 3 aromatic rings. The van der Waals surface area contributed by atoms with Gasteiger partial charge in [-0.2, -0.15) is 0 Å². The number of hydrogen-bond acceptors (Lipinski definition) is 3. The second-order valence-electron chi connectivity index (χ2n) is 8.99. The van der Waals surface area contributed by atoms with E-state index >= 15 is 0 Å². The summed E-state index contributed by atoms with van der Waals surface area (Å²) in [6, 6.07) is 25.8. The molecule has 0 spiro atoms. The fourth-order valence-corrected chi connectivity index (χ4v) is 10.1. The summed E-state index contributed by atoms with van der Waals surface area (Å²) in [7, 11) is -6.04. The smallest absolute Gasteiger partial charge is 0.261 e. The van der Waals surface area contributed by atoms with E-state index in [0.29, 0.717) is 19.4 Å². The number of halogens is 1. The van der Waals surface area contributed by atoms with E-state index in [1.165, 1.54) is 34.6 Å². The fraction of sp³-hybridized carbons (Fsp3) is 0.308. The van der Waals surface area contributed by atoms with Gasteiger partial charge in [-0.25, -0.2) is 12.8 Å². The van der Waals surface area contributed by atoms with Crippen molar-refractivity contribution in [2.75, 3.05) is 12.4 Å². The van der Waals surface area contributed by atoms with Crippen LogP contribution in [0.15, 0.2) is 89.8 Å². The van der Waals surface area contributed by atoms with Crippen LogP contribution in [0.2, 0.25) is 5.04 Å². The topological polar surface area (TPSA) is 43.4 Å². The first kappa shape index (κ1) is 24.4. The molecule has 32 heavy (non-hydrogen) atoms. The van der Waals surface area contributed by atoms with Gasteiger partial charge in [-0.1, -0.05) is 81.4 Å². The molecule has 0 aliphatic rings. The quantitative estimate of drug-likeness (QED) is 0.252. The van der Waals surface area contributed by atoms with Gasteiger partial charge in [0.15, 0.2) is 9.84 Å². The van der Waals surface area contributed by atoms with Crippen molar-refractivity contribution in [3.8, 4) is 0 Å². The zero-order valence-corrected chi connectivity index (χ0v) is 20.7. The van der Waals surface area contributed by atoms with Crippen molar-refractivity contribution in [3.05, 3.63) is 90.7 Å². The van der Waals surface area contributed by atoms with Crippen LogP contribution in [0.5, 0.6) is 0 Å². The molecule has 0 N–H and O–H groups in total. The van der Waals surface area contributed by atoms with Gasteiger partial charge in [-0.3, -0.25) is 0 Å². The number of rotatable bonds is 9. The normalized spacial score (nSPS) is 12.6. The Morgan fingerprint density at radius 1 is 0.781 bits per heavy atom. The van der Waals surface area contributed by atoms with E-state index in [1.807, 2.05) is 36.4 Å². The van der Waals surface area contributed by atoms with E-state index in [0.717, 1.165) is 0 Å². The highest BCUT2D eigenvalue weighted by Crippen LogP contribution is 2.36. The summed E-state index contributed by atoms with van der Waals surface area (Å²) >= 11 is 0. The van der Waals surface area contributed by atoms with E-state index in [2.05, 4.69) is 45.0 Å². The molecule has 3 nitrogen and oxygen atoms in total. The molecule has 3 rings (SSSR count). The molecule has 0 radical (unpaired) electrons. The Hall–Kier alpha value is -2.28. The molecule has 0 saturated carbocycles. The highest BCUT2D eigenvalue weighted by molar-refractivity contribution is 7.91. The van der Waals surface area contributed by atoms with Crippen molar-refractivity contribution in [1.29, 1.82) is 0 Å². The van der Waals surface area contributed by atoms with E-state index < -0.39 is 24.0 Å². The van der Waals surface area contributed by atoms with Gasteiger partial charge in [0, 0.05) is 6.61 Å². The Labute approximate surface area is 192 Å². The Morgan fingerprint density at radius 2 is 1.28 bits per heavy atom. The Kier molecular flexibility index (Phi) is 7.70. The van der Waals surface area contributed by atoms with Crippen LogP contribution in [0, 0.1) is 5.82 Å². The van der Waals surface area contributed by atoms with Crippen molar-refractivity contribution in [3.63, 3.8) is 0 Å². The van der Waals surface area contributed by atoms with E-state index in [9.17, 15) is 12.8 Å². The molecule has 3 aromatic carbocycles. The molecular formula is C26H31FO3SSi. The molecule has 170 valence electrons. The van der Waals surface area contributed by atoms with Crippen LogP contribution in [-0.2, 0) is 14.3 Å². The van der Waals surface area contributed by atoms with Crippen molar-refractivity contribution in [2.24, 2.45) is 0 Å². The van der Waals surface area contributed by atoms with Gasteiger partial charge in [0.05, 0.1) is 10.6 Å².